The van der Waals surface area contributed by atoms with E-state index in [2.05, 4.69) is 40.6 Å². The highest BCUT2D eigenvalue weighted by molar-refractivity contribution is 6.33. The molecule has 7 nitrogen and oxygen atoms in total. The third-order valence-corrected chi connectivity index (χ3v) is 6.81. The monoisotopic (exact) mass is 513 g/mol. The van der Waals surface area contributed by atoms with Gasteiger partial charge in [-0.05, 0) is 43.0 Å². The van der Waals surface area contributed by atoms with E-state index in [4.69, 9.17) is 21.1 Å². The summed E-state index contributed by atoms with van der Waals surface area (Å²) in [6.45, 7) is 6.96. The fourth-order valence-electron chi connectivity index (χ4n) is 4.50. The van der Waals surface area contributed by atoms with Gasteiger partial charge >= 0.3 is 0 Å². The SMILES string of the molecule is CCC1=C(NCc2ccccc2)N=c2c(cc(-c3ccc(-c4noc(C)n4)cc3Cl)c(=O)n2CC)=CC1. The topological polar surface area (TPSA) is 85.3 Å². The van der Waals surface area contributed by atoms with Gasteiger partial charge in [-0.3, -0.25) is 9.36 Å². The molecule has 188 valence electrons. The standard InChI is InChI=1S/C29H28ClN5O2/c1-4-20-11-12-22-15-24(23-14-13-21(16-25(23)30)27-32-18(3)37-34-27)29(36)35(5-2)28(22)33-26(20)31-17-19-9-7-6-8-10-19/h6-10,12-16,31H,4-5,11,17H2,1-3H3. The van der Waals surface area contributed by atoms with E-state index in [1.165, 1.54) is 11.1 Å². The second-order valence-electron chi connectivity index (χ2n) is 8.88. The number of aryl methyl sites for hydroxylation is 1. The van der Waals surface area contributed by atoms with Crippen LogP contribution in [-0.4, -0.2) is 14.7 Å². The highest BCUT2D eigenvalue weighted by Gasteiger charge is 2.16. The van der Waals surface area contributed by atoms with Crippen molar-refractivity contribution in [2.75, 3.05) is 0 Å². The van der Waals surface area contributed by atoms with Gasteiger partial charge in [-0.1, -0.05) is 72.2 Å². The Morgan fingerprint density at radius 3 is 2.57 bits per heavy atom. The van der Waals surface area contributed by atoms with E-state index in [1.807, 2.05) is 43.3 Å². The van der Waals surface area contributed by atoms with Crippen LogP contribution in [0.1, 0.15) is 38.1 Å². The van der Waals surface area contributed by atoms with Crippen LogP contribution in [0.25, 0.3) is 28.6 Å². The van der Waals surface area contributed by atoms with E-state index in [1.54, 1.807) is 17.6 Å². The van der Waals surface area contributed by atoms with Crippen LogP contribution in [0, 0.1) is 6.92 Å². The van der Waals surface area contributed by atoms with Crippen LogP contribution in [0.4, 0.5) is 0 Å². The first-order valence-corrected chi connectivity index (χ1v) is 12.8. The minimum atomic E-state index is -0.134. The summed E-state index contributed by atoms with van der Waals surface area (Å²) in [6.07, 6.45) is 3.75. The Labute approximate surface area is 219 Å². The molecule has 5 rings (SSSR count). The van der Waals surface area contributed by atoms with Crippen LogP contribution in [0.2, 0.25) is 5.02 Å². The quantitative estimate of drug-likeness (QED) is 0.385. The lowest BCUT2D eigenvalue weighted by atomic mass is 10.0. The smallest absolute Gasteiger partial charge is 0.260 e. The zero-order valence-corrected chi connectivity index (χ0v) is 21.8. The number of benzene rings is 2. The number of allylic oxidation sites excluding steroid dienone is 1. The van der Waals surface area contributed by atoms with Gasteiger partial charge in [0, 0.05) is 46.9 Å². The molecule has 1 aliphatic rings. The molecule has 1 aliphatic heterocycles. The molecule has 2 aromatic carbocycles. The van der Waals surface area contributed by atoms with Gasteiger partial charge in [-0.2, -0.15) is 4.98 Å². The molecule has 0 amide bonds. The van der Waals surface area contributed by atoms with Crippen LogP contribution in [-0.2, 0) is 13.1 Å². The minimum Gasteiger partial charge on any atom is -0.366 e. The average molecular weight is 514 g/mol. The molecule has 4 aromatic rings. The molecule has 0 aliphatic carbocycles. The van der Waals surface area contributed by atoms with E-state index >= 15 is 0 Å². The molecule has 0 saturated carbocycles. The van der Waals surface area contributed by atoms with E-state index in [0.717, 1.165) is 29.4 Å². The highest BCUT2D eigenvalue weighted by Crippen LogP contribution is 2.29. The maximum atomic E-state index is 13.7. The summed E-state index contributed by atoms with van der Waals surface area (Å²) in [4.78, 5) is 22.9. The van der Waals surface area contributed by atoms with Gasteiger partial charge in [0.25, 0.3) is 5.56 Å². The summed E-state index contributed by atoms with van der Waals surface area (Å²) >= 11 is 6.69. The van der Waals surface area contributed by atoms with Gasteiger partial charge < -0.3 is 9.84 Å². The second-order valence-corrected chi connectivity index (χ2v) is 9.29. The number of halogens is 1. The fourth-order valence-corrected chi connectivity index (χ4v) is 4.78. The van der Waals surface area contributed by atoms with Gasteiger partial charge in [0.05, 0.1) is 0 Å². The van der Waals surface area contributed by atoms with Crippen molar-refractivity contribution in [1.82, 2.24) is 20.0 Å². The molecule has 8 heteroatoms. The molecule has 0 atom stereocenters. The zero-order valence-electron chi connectivity index (χ0n) is 21.1. The summed E-state index contributed by atoms with van der Waals surface area (Å²) in [5.74, 6) is 1.76. The molecule has 0 saturated heterocycles. The molecular formula is C29H28ClN5O2. The van der Waals surface area contributed by atoms with Crippen molar-refractivity contribution < 1.29 is 4.52 Å². The van der Waals surface area contributed by atoms with E-state index < -0.39 is 0 Å². The third-order valence-electron chi connectivity index (χ3n) is 6.50. The summed E-state index contributed by atoms with van der Waals surface area (Å²) < 4.78 is 6.80. The number of nitrogens with one attached hydrogen (secondary N) is 1. The van der Waals surface area contributed by atoms with Crippen LogP contribution < -0.4 is 21.6 Å². The first kappa shape index (κ1) is 24.7. The average Bonchev–Trinajstić information content (AvgIpc) is 3.27. The number of aromatic nitrogens is 3. The number of hydrogen-bond donors (Lipinski definition) is 1. The molecule has 37 heavy (non-hydrogen) atoms. The summed E-state index contributed by atoms with van der Waals surface area (Å²) in [5, 5.41) is 8.82. The predicted molar refractivity (Wildman–Crippen MR) is 145 cm³/mol. The highest BCUT2D eigenvalue weighted by atomic mass is 35.5. The number of hydrogen-bond acceptors (Lipinski definition) is 6. The number of nitrogens with zero attached hydrogens (tertiary/aromatic N) is 4. The lowest BCUT2D eigenvalue weighted by Crippen LogP contribution is -2.44. The van der Waals surface area contributed by atoms with Crippen molar-refractivity contribution in [3.63, 3.8) is 0 Å². The molecule has 0 spiro atoms. The Morgan fingerprint density at radius 2 is 1.89 bits per heavy atom. The Bertz CT molecular complexity index is 1670. The lowest BCUT2D eigenvalue weighted by Gasteiger charge is -2.12. The maximum absolute atomic E-state index is 13.7. The number of fused-ring (bicyclic) bond motifs is 1. The number of pyridine rings is 1. The van der Waals surface area contributed by atoms with Crippen molar-refractivity contribution >= 4 is 17.7 Å². The zero-order chi connectivity index (χ0) is 25.9. The van der Waals surface area contributed by atoms with Gasteiger partial charge in [-0.25, -0.2) is 4.99 Å². The minimum absolute atomic E-state index is 0.134. The van der Waals surface area contributed by atoms with Crippen LogP contribution >= 0.6 is 11.6 Å². The van der Waals surface area contributed by atoms with Crippen LogP contribution in [0.3, 0.4) is 0 Å². The van der Waals surface area contributed by atoms with Crippen molar-refractivity contribution in [2.45, 2.75) is 46.7 Å². The van der Waals surface area contributed by atoms with E-state index in [-0.39, 0.29) is 5.56 Å². The molecule has 0 bridgehead atoms. The van der Waals surface area contributed by atoms with Crippen molar-refractivity contribution in [1.29, 1.82) is 0 Å². The van der Waals surface area contributed by atoms with Crippen LogP contribution in [0.5, 0.6) is 0 Å². The molecule has 0 unspecified atom stereocenters. The Morgan fingerprint density at radius 1 is 1.08 bits per heavy atom. The second kappa shape index (κ2) is 10.6. The molecule has 0 radical (unpaired) electrons. The normalized spacial score (nSPS) is 13.0. The lowest BCUT2D eigenvalue weighted by molar-refractivity contribution is 0.394. The predicted octanol–water partition coefficient (Wildman–Crippen LogP) is 4.76. The summed E-state index contributed by atoms with van der Waals surface area (Å²) in [5.41, 5.74) is 4.81. The van der Waals surface area contributed by atoms with Gasteiger partial charge in [0.15, 0.2) is 0 Å². The Kier molecular flexibility index (Phi) is 7.06. The molecular weight excluding hydrogens is 486 g/mol. The van der Waals surface area contributed by atoms with Gasteiger partial charge in [-0.15, -0.1) is 0 Å². The first-order valence-electron chi connectivity index (χ1n) is 12.4. The first-order chi connectivity index (χ1) is 18.0. The van der Waals surface area contributed by atoms with Crippen LogP contribution in [0.15, 0.2) is 80.3 Å². The van der Waals surface area contributed by atoms with Crippen molar-refractivity contribution in [3.05, 3.63) is 104 Å². The Hall–Kier alpha value is -3.97. The largest absolute Gasteiger partial charge is 0.366 e. The van der Waals surface area contributed by atoms with Crippen molar-refractivity contribution in [3.8, 4) is 22.5 Å². The van der Waals surface area contributed by atoms with Gasteiger partial charge in [0.1, 0.15) is 11.3 Å². The fraction of sp³-hybridized carbons (Fsp3) is 0.241. The summed E-state index contributed by atoms with van der Waals surface area (Å²) in [6, 6.07) is 17.6. The Balaban J connectivity index is 1.58. The van der Waals surface area contributed by atoms with E-state index in [9.17, 15) is 4.79 Å². The number of rotatable bonds is 7. The molecule has 0 fully saturated rings. The van der Waals surface area contributed by atoms with Gasteiger partial charge in [0.2, 0.25) is 11.7 Å². The maximum Gasteiger partial charge on any atom is 0.260 e. The third kappa shape index (κ3) is 5.00. The molecule has 2 aromatic heterocycles. The molecule has 1 N–H and O–H groups in total. The summed E-state index contributed by atoms with van der Waals surface area (Å²) in [7, 11) is 0. The molecule has 3 heterocycles. The van der Waals surface area contributed by atoms with E-state index in [0.29, 0.717) is 46.4 Å². The van der Waals surface area contributed by atoms with Crippen molar-refractivity contribution in [2.24, 2.45) is 4.99 Å².